The summed E-state index contributed by atoms with van der Waals surface area (Å²) in [6.07, 6.45) is 1.66. The normalized spacial score (nSPS) is 17.0. The van der Waals surface area contributed by atoms with Gasteiger partial charge in [-0.25, -0.2) is 4.68 Å². The molecule has 4 rings (SSSR count). The lowest BCUT2D eigenvalue weighted by Gasteiger charge is -2.24. The molecule has 0 spiro atoms. The number of hydrogen-bond donors (Lipinski definition) is 0. The first-order valence-corrected chi connectivity index (χ1v) is 8.24. The molecule has 0 saturated heterocycles. The number of benzene rings is 1. The average molecular weight is 346 g/mol. The highest BCUT2D eigenvalue weighted by Crippen LogP contribution is 2.30. The molecule has 3 heterocycles. The maximum absolute atomic E-state index is 5.97. The van der Waals surface area contributed by atoms with E-state index >= 15 is 0 Å². The summed E-state index contributed by atoms with van der Waals surface area (Å²) in [5.74, 6) is 1.08. The van der Waals surface area contributed by atoms with Crippen LogP contribution >= 0.6 is 11.6 Å². The Balaban J connectivity index is 1.57. The fraction of sp³-hybridized carbons (Fsp3) is 0.375. The van der Waals surface area contributed by atoms with Crippen LogP contribution in [0.1, 0.15) is 36.5 Å². The van der Waals surface area contributed by atoms with Gasteiger partial charge in [0.15, 0.2) is 11.5 Å². The number of hydrogen-bond acceptors (Lipinski definition) is 6. The van der Waals surface area contributed by atoms with Crippen molar-refractivity contribution >= 4 is 11.6 Å². The molecule has 3 aromatic rings. The number of ether oxygens (including phenoxy) is 1. The van der Waals surface area contributed by atoms with Crippen LogP contribution in [0.25, 0.3) is 11.6 Å². The van der Waals surface area contributed by atoms with Gasteiger partial charge >= 0.3 is 0 Å². The van der Waals surface area contributed by atoms with Gasteiger partial charge in [0.05, 0.1) is 18.8 Å². The Morgan fingerprint density at radius 3 is 2.92 bits per heavy atom. The summed E-state index contributed by atoms with van der Waals surface area (Å²) in [7, 11) is 0. The number of aryl methyl sites for hydroxylation is 1. The molecule has 1 aliphatic heterocycles. The van der Waals surface area contributed by atoms with Gasteiger partial charge in [-0.1, -0.05) is 41.0 Å². The summed E-state index contributed by atoms with van der Waals surface area (Å²) < 4.78 is 13.1. The molecule has 7 nitrogen and oxygen atoms in total. The molecule has 0 amide bonds. The van der Waals surface area contributed by atoms with Gasteiger partial charge in [-0.2, -0.15) is 4.98 Å². The third kappa shape index (κ3) is 2.81. The van der Waals surface area contributed by atoms with Crippen LogP contribution < -0.4 is 0 Å². The van der Waals surface area contributed by atoms with Crippen molar-refractivity contribution < 1.29 is 9.26 Å². The van der Waals surface area contributed by atoms with Crippen LogP contribution in [0.2, 0.25) is 5.02 Å². The van der Waals surface area contributed by atoms with Crippen molar-refractivity contribution in [3.05, 3.63) is 46.4 Å². The average Bonchev–Trinajstić information content (AvgIpc) is 3.21. The largest absolute Gasteiger partial charge is 0.365 e. The Morgan fingerprint density at radius 1 is 1.29 bits per heavy atom. The Hall–Kier alpha value is -2.25. The standard InChI is InChI=1S/C16H16ClN5O2/c1-2-3-14-18-16(24-20-14)15-12-9-23-13(8-22(12)21-19-15)10-4-6-11(17)7-5-10/h4-7,13H,2-3,8-9H2,1H3. The first-order chi connectivity index (χ1) is 11.7. The minimum Gasteiger partial charge on any atom is -0.365 e. The molecule has 8 heteroatoms. The second kappa shape index (κ2) is 6.33. The maximum Gasteiger partial charge on any atom is 0.280 e. The summed E-state index contributed by atoms with van der Waals surface area (Å²) in [6.45, 7) is 3.04. The molecule has 0 fully saturated rings. The first-order valence-electron chi connectivity index (χ1n) is 7.87. The summed E-state index contributed by atoms with van der Waals surface area (Å²) in [5.41, 5.74) is 2.51. The molecule has 1 unspecified atom stereocenters. The van der Waals surface area contributed by atoms with Crippen LogP contribution in [0.3, 0.4) is 0 Å². The molecule has 0 radical (unpaired) electrons. The van der Waals surface area contributed by atoms with E-state index in [2.05, 4.69) is 27.4 Å². The van der Waals surface area contributed by atoms with E-state index in [0.29, 0.717) is 35.6 Å². The fourth-order valence-electron chi connectivity index (χ4n) is 2.73. The highest BCUT2D eigenvalue weighted by atomic mass is 35.5. The zero-order valence-electron chi connectivity index (χ0n) is 13.1. The highest BCUT2D eigenvalue weighted by Gasteiger charge is 2.27. The van der Waals surface area contributed by atoms with Crippen LogP contribution in [0.15, 0.2) is 28.8 Å². The molecule has 0 N–H and O–H groups in total. The van der Waals surface area contributed by atoms with E-state index in [9.17, 15) is 0 Å². The SMILES string of the molecule is CCCc1noc(-c2nnn3c2COC(c2ccc(Cl)cc2)C3)n1. The van der Waals surface area contributed by atoms with Gasteiger partial charge in [0.25, 0.3) is 5.89 Å². The molecule has 24 heavy (non-hydrogen) atoms. The molecule has 1 atom stereocenters. The van der Waals surface area contributed by atoms with Gasteiger partial charge < -0.3 is 9.26 Å². The van der Waals surface area contributed by atoms with Crippen molar-refractivity contribution in [3.63, 3.8) is 0 Å². The van der Waals surface area contributed by atoms with Gasteiger partial charge in [-0.3, -0.25) is 0 Å². The summed E-state index contributed by atoms with van der Waals surface area (Å²) in [5, 5.41) is 13.1. The van der Waals surface area contributed by atoms with Gasteiger partial charge in [-0.05, 0) is 24.1 Å². The molecule has 0 saturated carbocycles. The smallest absolute Gasteiger partial charge is 0.280 e. The van der Waals surface area contributed by atoms with E-state index in [1.165, 1.54) is 0 Å². The van der Waals surface area contributed by atoms with Crippen LogP contribution in [-0.4, -0.2) is 25.1 Å². The van der Waals surface area contributed by atoms with E-state index in [4.69, 9.17) is 20.9 Å². The summed E-state index contributed by atoms with van der Waals surface area (Å²) >= 11 is 5.94. The van der Waals surface area contributed by atoms with Gasteiger partial charge in [0, 0.05) is 11.4 Å². The van der Waals surface area contributed by atoms with E-state index < -0.39 is 0 Å². The fourth-order valence-corrected chi connectivity index (χ4v) is 2.86. The molecular formula is C16H16ClN5O2. The predicted octanol–water partition coefficient (Wildman–Crippen LogP) is 3.21. The van der Waals surface area contributed by atoms with Crippen molar-refractivity contribution in [3.8, 4) is 11.6 Å². The van der Waals surface area contributed by atoms with Crippen molar-refractivity contribution in [1.82, 2.24) is 25.1 Å². The Morgan fingerprint density at radius 2 is 2.12 bits per heavy atom. The number of fused-ring (bicyclic) bond motifs is 1. The first kappa shape index (κ1) is 15.3. The molecule has 0 aliphatic carbocycles. The lowest BCUT2D eigenvalue weighted by Crippen LogP contribution is -2.22. The minimum absolute atomic E-state index is 0.0809. The van der Waals surface area contributed by atoms with E-state index in [1.807, 2.05) is 28.9 Å². The van der Waals surface area contributed by atoms with Crippen LogP contribution in [0.5, 0.6) is 0 Å². The van der Waals surface area contributed by atoms with Crippen molar-refractivity contribution in [1.29, 1.82) is 0 Å². The number of aromatic nitrogens is 5. The molecule has 124 valence electrons. The Bertz CT molecular complexity index is 843. The second-order valence-corrected chi connectivity index (χ2v) is 6.12. The second-order valence-electron chi connectivity index (χ2n) is 5.68. The summed E-state index contributed by atoms with van der Waals surface area (Å²) in [4.78, 5) is 4.37. The molecule has 0 bridgehead atoms. The van der Waals surface area contributed by atoms with Crippen molar-refractivity contribution in [2.24, 2.45) is 0 Å². The lowest BCUT2D eigenvalue weighted by atomic mass is 10.1. The number of rotatable bonds is 4. The third-order valence-electron chi connectivity index (χ3n) is 3.98. The van der Waals surface area contributed by atoms with Crippen molar-refractivity contribution in [2.75, 3.05) is 0 Å². The molecule has 2 aromatic heterocycles. The van der Waals surface area contributed by atoms with Gasteiger partial charge in [0.1, 0.15) is 6.10 Å². The number of halogens is 1. The van der Waals surface area contributed by atoms with Crippen molar-refractivity contribution in [2.45, 2.75) is 39.0 Å². The third-order valence-corrected chi connectivity index (χ3v) is 4.24. The summed E-state index contributed by atoms with van der Waals surface area (Å²) in [6, 6.07) is 7.64. The monoisotopic (exact) mass is 345 g/mol. The van der Waals surface area contributed by atoms with E-state index in [-0.39, 0.29) is 6.10 Å². The van der Waals surface area contributed by atoms with Crippen LogP contribution in [-0.2, 0) is 24.3 Å². The maximum atomic E-state index is 5.97. The number of nitrogens with zero attached hydrogens (tertiary/aromatic N) is 5. The van der Waals surface area contributed by atoms with E-state index in [0.717, 1.165) is 24.1 Å². The van der Waals surface area contributed by atoms with E-state index in [1.54, 1.807) is 0 Å². The quantitative estimate of drug-likeness (QED) is 0.722. The topological polar surface area (TPSA) is 78.9 Å². The van der Waals surface area contributed by atoms with Crippen LogP contribution in [0, 0.1) is 0 Å². The Labute approximate surface area is 143 Å². The Kier molecular flexibility index (Phi) is 4.03. The van der Waals surface area contributed by atoms with Crippen LogP contribution in [0.4, 0.5) is 0 Å². The highest BCUT2D eigenvalue weighted by molar-refractivity contribution is 6.30. The lowest BCUT2D eigenvalue weighted by molar-refractivity contribution is -0.00117. The predicted molar refractivity (Wildman–Crippen MR) is 86.3 cm³/mol. The van der Waals surface area contributed by atoms with Gasteiger partial charge in [-0.15, -0.1) is 5.10 Å². The molecule has 1 aliphatic rings. The van der Waals surface area contributed by atoms with Gasteiger partial charge in [0.2, 0.25) is 0 Å². The minimum atomic E-state index is -0.0809. The zero-order valence-corrected chi connectivity index (χ0v) is 13.9. The zero-order chi connectivity index (χ0) is 16.5. The molecular weight excluding hydrogens is 330 g/mol. The molecule has 1 aromatic carbocycles.